The van der Waals surface area contributed by atoms with Crippen molar-refractivity contribution in [3.63, 3.8) is 0 Å². The maximum absolute atomic E-state index is 5.65. The minimum absolute atomic E-state index is 0.310. The highest BCUT2D eigenvalue weighted by Crippen LogP contribution is 2.37. The van der Waals surface area contributed by atoms with E-state index < -0.39 is 0 Å². The summed E-state index contributed by atoms with van der Waals surface area (Å²) in [5.41, 5.74) is 2.65. The molecule has 0 radical (unpaired) electrons. The van der Waals surface area contributed by atoms with Crippen LogP contribution in [0.25, 0.3) is 0 Å². The first-order valence-electron chi connectivity index (χ1n) is 8.36. The van der Waals surface area contributed by atoms with Gasteiger partial charge in [-0.15, -0.1) is 0 Å². The molecule has 1 aliphatic rings. The van der Waals surface area contributed by atoms with Crippen LogP contribution in [0.4, 0.5) is 5.69 Å². The van der Waals surface area contributed by atoms with Crippen molar-refractivity contribution in [2.24, 2.45) is 0 Å². The Morgan fingerprint density at radius 2 is 2.19 bits per heavy atom. The Labute approximate surface area is 129 Å². The molecule has 1 aliphatic heterocycles. The second kappa shape index (κ2) is 7.69. The largest absolute Gasteiger partial charge is 0.496 e. The summed E-state index contributed by atoms with van der Waals surface area (Å²) in [6, 6.07) is 7.38. The molecule has 0 bridgehead atoms. The lowest BCUT2D eigenvalue weighted by Gasteiger charge is -2.38. The van der Waals surface area contributed by atoms with Gasteiger partial charge in [-0.2, -0.15) is 0 Å². The van der Waals surface area contributed by atoms with Crippen molar-refractivity contribution in [1.29, 1.82) is 0 Å². The van der Waals surface area contributed by atoms with Crippen molar-refractivity contribution in [2.45, 2.75) is 58.5 Å². The molecular weight excluding hydrogens is 260 g/mol. The molecule has 1 heterocycles. The molecule has 2 atom stereocenters. The number of anilines is 1. The van der Waals surface area contributed by atoms with Gasteiger partial charge in [0.2, 0.25) is 0 Å². The maximum atomic E-state index is 5.65. The second-order valence-corrected chi connectivity index (χ2v) is 6.11. The topological polar surface area (TPSA) is 24.5 Å². The quantitative estimate of drug-likeness (QED) is 0.852. The maximum Gasteiger partial charge on any atom is 0.125 e. The summed E-state index contributed by atoms with van der Waals surface area (Å²) in [6.07, 6.45) is 5.07. The molecule has 1 fully saturated rings. The number of benzene rings is 1. The first kappa shape index (κ1) is 16.2. The van der Waals surface area contributed by atoms with Gasteiger partial charge in [0.15, 0.2) is 0 Å². The van der Waals surface area contributed by atoms with Crippen LogP contribution in [0.5, 0.6) is 5.75 Å². The molecule has 0 amide bonds. The van der Waals surface area contributed by atoms with Gasteiger partial charge >= 0.3 is 0 Å². The van der Waals surface area contributed by atoms with Gasteiger partial charge in [-0.3, -0.25) is 0 Å². The van der Waals surface area contributed by atoms with E-state index >= 15 is 0 Å². The number of hydrogen-bond acceptors (Lipinski definition) is 3. The molecule has 0 aliphatic carbocycles. The van der Waals surface area contributed by atoms with Crippen LogP contribution in [-0.4, -0.2) is 26.2 Å². The SMILES string of the molecule is CCCNC(C)c1c(OC)cccc1N1CCCCC1C. The molecule has 0 spiro atoms. The molecule has 2 rings (SSSR count). The van der Waals surface area contributed by atoms with Crippen LogP contribution in [0.3, 0.4) is 0 Å². The Morgan fingerprint density at radius 1 is 1.38 bits per heavy atom. The molecule has 1 aromatic carbocycles. The van der Waals surface area contributed by atoms with E-state index in [1.165, 1.54) is 30.5 Å². The minimum Gasteiger partial charge on any atom is -0.496 e. The zero-order valence-electron chi connectivity index (χ0n) is 14.0. The Balaban J connectivity index is 2.35. The van der Waals surface area contributed by atoms with Crippen molar-refractivity contribution in [2.75, 3.05) is 25.1 Å². The Morgan fingerprint density at radius 3 is 2.86 bits per heavy atom. The molecule has 1 aromatic rings. The lowest BCUT2D eigenvalue weighted by Crippen LogP contribution is -2.38. The van der Waals surface area contributed by atoms with Gasteiger partial charge in [-0.05, 0) is 58.2 Å². The summed E-state index contributed by atoms with van der Waals surface area (Å²) in [4.78, 5) is 2.56. The minimum atomic E-state index is 0.310. The molecule has 3 nitrogen and oxygen atoms in total. The molecule has 2 unspecified atom stereocenters. The summed E-state index contributed by atoms with van der Waals surface area (Å²) < 4.78 is 5.65. The first-order chi connectivity index (χ1) is 10.2. The van der Waals surface area contributed by atoms with Crippen molar-refractivity contribution < 1.29 is 4.74 Å². The van der Waals surface area contributed by atoms with E-state index in [4.69, 9.17) is 4.74 Å². The van der Waals surface area contributed by atoms with Gasteiger partial charge in [0.25, 0.3) is 0 Å². The number of piperidine rings is 1. The molecule has 1 N–H and O–H groups in total. The first-order valence-corrected chi connectivity index (χ1v) is 8.36. The normalized spacial score (nSPS) is 20.4. The number of nitrogens with one attached hydrogen (secondary N) is 1. The number of rotatable bonds is 6. The summed E-state index contributed by atoms with van der Waals surface area (Å²) in [5, 5.41) is 3.61. The standard InChI is InChI=1S/C18H30N2O/c1-5-12-19-15(3)18-16(10-8-11-17(18)21-4)20-13-7-6-9-14(20)2/h8,10-11,14-15,19H,5-7,9,12-13H2,1-4H3. The van der Waals surface area contributed by atoms with Crippen molar-refractivity contribution in [1.82, 2.24) is 5.32 Å². The Hall–Kier alpha value is -1.22. The Kier molecular flexibility index (Phi) is 5.92. The third-order valence-electron chi connectivity index (χ3n) is 4.51. The lowest BCUT2D eigenvalue weighted by molar-refractivity contribution is 0.400. The number of methoxy groups -OCH3 is 1. The third-order valence-corrected chi connectivity index (χ3v) is 4.51. The second-order valence-electron chi connectivity index (χ2n) is 6.11. The van der Waals surface area contributed by atoms with Crippen molar-refractivity contribution in [3.8, 4) is 5.75 Å². The highest BCUT2D eigenvalue weighted by Gasteiger charge is 2.24. The van der Waals surface area contributed by atoms with E-state index in [2.05, 4.69) is 49.2 Å². The number of nitrogens with zero attached hydrogens (tertiary/aromatic N) is 1. The smallest absolute Gasteiger partial charge is 0.125 e. The van der Waals surface area contributed by atoms with E-state index in [-0.39, 0.29) is 0 Å². The zero-order chi connectivity index (χ0) is 15.2. The molecule has 118 valence electrons. The van der Waals surface area contributed by atoms with E-state index in [1.807, 2.05) is 0 Å². The van der Waals surface area contributed by atoms with E-state index in [0.29, 0.717) is 12.1 Å². The van der Waals surface area contributed by atoms with Gasteiger partial charge in [-0.25, -0.2) is 0 Å². The zero-order valence-corrected chi connectivity index (χ0v) is 14.0. The monoisotopic (exact) mass is 290 g/mol. The van der Waals surface area contributed by atoms with Crippen molar-refractivity contribution >= 4 is 5.69 Å². The van der Waals surface area contributed by atoms with Crippen LogP contribution in [0.15, 0.2) is 18.2 Å². The molecular formula is C18H30N2O. The molecule has 3 heteroatoms. The van der Waals surface area contributed by atoms with Gasteiger partial charge in [-0.1, -0.05) is 13.0 Å². The average molecular weight is 290 g/mol. The van der Waals surface area contributed by atoms with Gasteiger partial charge < -0.3 is 15.0 Å². The fourth-order valence-corrected chi connectivity index (χ4v) is 3.32. The Bertz CT molecular complexity index is 447. The highest BCUT2D eigenvalue weighted by molar-refractivity contribution is 5.61. The molecule has 0 saturated carbocycles. The molecule has 21 heavy (non-hydrogen) atoms. The van der Waals surface area contributed by atoms with E-state index in [9.17, 15) is 0 Å². The summed E-state index contributed by atoms with van der Waals surface area (Å²) >= 11 is 0. The van der Waals surface area contributed by atoms with Crippen LogP contribution in [0.2, 0.25) is 0 Å². The predicted molar refractivity (Wildman–Crippen MR) is 90.4 cm³/mol. The fourth-order valence-electron chi connectivity index (χ4n) is 3.32. The lowest BCUT2D eigenvalue weighted by atomic mass is 9.98. The average Bonchev–Trinajstić information content (AvgIpc) is 2.52. The van der Waals surface area contributed by atoms with Crippen LogP contribution >= 0.6 is 0 Å². The third kappa shape index (κ3) is 3.70. The fraction of sp³-hybridized carbons (Fsp3) is 0.667. The van der Waals surface area contributed by atoms with Gasteiger partial charge in [0.05, 0.1) is 7.11 Å². The van der Waals surface area contributed by atoms with Crippen LogP contribution in [-0.2, 0) is 0 Å². The molecule has 1 saturated heterocycles. The summed E-state index contributed by atoms with van der Waals surface area (Å²) in [5.74, 6) is 1.00. The highest BCUT2D eigenvalue weighted by atomic mass is 16.5. The van der Waals surface area contributed by atoms with Crippen LogP contribution < -0.4 is 15.0 Å². The predicted octanol–water partition coefficient (Wildman–Crippen LogP) is 4.13. The number of hydrogen-bond donors (Lipinski definition) is 1. The van der Waals surface area contributed by atoms with Crippen LogP contribution in [0, 0.1) is 0 Å². The van der Waals surface area contributed by atoms with Gasteiger partial charge in [0, 0.05) is 29.9 Å². The van der Waals surface area contributed by atoms with E-state index in [1.54, 1.807) is 7.11 Å². The van der Waals surface area contributed by atoms with Crippen LogP contribution in [0.1, 0.15) is 58.1 Å². The number of ether oxygens (including phenoxy) is 1. The van der Waals surface area contributed by atoms with E-state index in [0.717, 1.165) is 25.3 Å². The summed E-state index contributed by atoms with van der Waals surface area (Å²) in [7, 11) is 1.77. The summed E-state index contributed by atoms with van der Waals surface area (Å²) in [6.45, 7) is 8.98. The molecule has 0 aromatic heterocycles. The van der Waals surface area contributed by atoms with Gasteiger partial charge in [0.1, 0.15) is 5.75 Å². The van der Waals surface area contributed by atoms with Crippen molar-refractivity contribution in [3.05, 3.63) is 23.8 Å².